The monoisotopic (exact) mass is 261 g/mol. The number of rotatable bonds is 5. The third-order valence-corrected chi connectivity index (χ3v) is 4.25. The van der Waals surface area contributed by atoms with Gasteiger partial charge in [-0.05, 0) is 43.9 Å². The summed E-state index contributed by atoms with van der Waals surface area (Å²) in [5, 5.41) is 10.4. The number of likely N-dealkylation sites (tertiary alicyclic amines) is 1. The first-order valence-corrected chi connectivity index (χ1v) is 7.71. The molecule has 2 nitrogen and oxygen atoms in total. The smallest absolute Gasteiger partial charge is 0.0917 e. The van der Waals surface area contributed by atoms with Crippen LogP contribution in [0.2, 0.25) is 0 Å². The van der Waals surface area contributed by atoms with Gasteiger partial charge in [-0.3, -0.25) is 4.90 Å². The third-order valence-electron chi connectivity index (χ3n) is 4.25. The van der Waals surface area contributed by atoms with Crippen molar-refractivity contribution >= 4 is 0 Å². The molecule has 1 fully saturated rings. The van der Waals surface area contributed by atoms with E-state index in [0.29, 0.717) is 6.04 Å². The molecule has 2 rings (SSSR count). The molecule has 1 aliphatic heterocycles. The van der Waals surface area contributed by atoms with E-state index >= 15 is 0 Å². The minimum absolute atomic E-state index is 0.351. The Labute approximate surface area is 117 Å². The summed E-state index contributed by atoms with van der Waals surface area (Å²) in [6, 6.07) is 9.10. The van der Waals surface area contributed by atoms with Crippen LogP contribution in [0.1, 0.15) is 56.8 Å². The first-order chi connectivity index (χ1) is 9.20. The fourth-order valence-corrected chi connectivity index (χ4v) is 2.95. The molecule has 0 saturated carbocycles. The Morgan fingerprint density at radius 3 is 2.63 bits per heavy atom. The zero-order chi connectivity index (χ0) is 13.7. The number of benzene rings is 1. The molecule has 1 aromatic rings. The maximum Gasteiger partial charge on any atom is 0.0917 e. The molecule has 1 aromatic carbocycles. The van der Waals surface area contributed by atoms with Gasteiger partial charge in [0, 0.05) is 12.6 Å². The van der Waals surface area contributed by atoms with Gasteiger partial charge in [-0.1, -0.05) is 44.0 Å². The van der Waals surface area contributed by atoms with E-state index in [0.717, 1.165) is 25.1 Å². The number of hydrogen-bond acceptors (Lipinski definition) is 2. The molecule has 0 spiro atoms. The lowest BCUT2D eigenvalue weighted by atomic mass is 10.0. The largest absolute Gasteiger partial charge is 0.387 e. The molecule has 0 aromatic heterocycles. The van der Waals surface area contributed by atoms with Gasteiger partial charge in [0.15, 0.2) is 0 Å². The fourth-order valence-electron chi connectivity index (χ4n) is 2.95. The van der Waals surface area contributed by atoms with E-state index in [1.165, 1.54) is 31.2 Å². The maximum atomic E-state index is 10.4. The van der Waals surface area contributed by atoms with Crippen molar-refractivity contribution in [1.29, 1.82) is 0 Å². The molecular weight excluding hydrogens is 234 g/mol. The average Bonchev–Trinajstić information content (AvgIpc) is 2.42. The third kappa shape index (κ3) is 4.05. The second-order valence-electron chi connectivity index (χ2n) is 5.85. The number of piperidine rings is 1. The van der Waals surface area contributed by atoms with Gasteiger partial charge in [0.25, 0.3) is 0 Å². The van der Waals surface area contributed by atoms with E-state index in [9.17, 15) is 5.11 Å². The highest BCUT2D eigenvalue weighted by Crippen LogP contribution is 2.21. The number of hydrogen-bond donors (Lipinski definition) is 1. The Bertz CT molecular complexity index is 373. The highest BCUT2D eigenvalue weighted by Gasteiger charge is 2.21. The van der Waals surface area contributed by atoms with Crippen molar-refractivity contribution in [2.24, 2.45) is 0 Å². The standard InChI is InChI=1S/C17H27NO/c1-3-6-15-8-10-16(11-9-15)17(19)13-18-12-5-4-7-14(18)2/h8-11,14,17,19H,3-7,12-13H2,1-2H3. The average molecular weight is 261 g/mol. The van der Waals surface area contributed by atoms with Crippen LogP contribution < -0.4 is 0 Å². The number of aryl methyl sites for hydroxylation is 1. The van der Waals surface area contributed by atoms with Crippen molar-refractivity contribution in [3.8, 4) is 0 Å². The van der Waals surface area contributed by atoms with E-state index in [-0.39, 0.29) is 6.10 Å². The Balaban J connectivity index is 1.93. The summed E-state index contributed by atoms with van der Waals surface area (Å²) in [6.07, 6.45) is 5.82. The van der Waals surface area contributed by atoms with Crippen LogP contribution in [-0.2, 0) is 6.42 Å². The van der Waals surface area contributed by atoms with Crippen molar-refractivity contribution in [2.45, 2.75) is 58.1 Å². The molecule has 2 heteroatoms. The lowest BCUT2D eigenvalue weighted by molar-refractivity contribution is 0.0732. The number of β-amino-alcohol motifs (C(OH)–C–C–N with tert-alkyl or cyclic N) is 1. The molecule has 1 N–H and O–H groups in total. The zero-order valence-electron chi connectivity index (χ0n) is 12.3. The minimum Gasteiger partial charge on any atom is -0.387 e. The molecule has 1 heterocycles. The van der Waals surface area contributed by atoms with Gasteiger partial charge in [0.2, 0.25) is 0 Å². The normalized spacial score (nSPS) is 22.4. The molecule has 2 atom stereocenters. The molecule has 1 aliphatic rings. The van der Waals surface area contributed by atoms with Crippen LogP contribution in [-0.4, -0.2) is 29.1 Å². The van der Waals surface area contributed by atoms with Crippen molar-refractivity contribution in [2.75, 3.05) is 13.1 Å². The van der Waals surface area contributed by atoms with Crippen molar-refractivity contribution in [1.82, 2.24) is 4.90 Å². The summed E-state index contributed by atoms with van der Waals surface area (Å²) in [5.41, 5.74) is 2.42. The van der Waals surface area contributed by atoms with Crippen LogP contribution in [0.25, 0.3) is 0 Å². The van der Waals surface area contributed by atoms with E-state index in [2.05, 4.69) is 43.0 Å². The van der Waals surface area contributed by atoms with Gasteiger partial charge in [0.05, 0.1) is 6.10 Å². The summed E-state index contributed by atoms with van der Waals surface area (Å²) < 4.78 is 0. The lowest BCUT2D eigenvalue weighted by Gasteiger charge is -2.34. The Kier molecular flexibility index (Phi) is 5.41. The van der Waals surface area contributed by atoms with Gasteiger partial charge < -0.3 is 5.11 Å². The molecular formula is C17H27NO. The van der Waals surface area contributed by atoms with E-state index < -0.39 is 0 Å². The Morgan fingerprint density at radius 2 is 2.00 bits per heavy atom. The fraction of sp³-hybridized carbons (Fsp3) is 0.647. The molecule has 19 heavy (non-hydrogen) atoms. The molecule has 0 amide bonds. The quantitative estimate of drug-likeness (QED) is 0.876. The van der Waals surface area contributed by atoms with Crippen LogP contribution in [0.3, 0.4) is 0 Å². The van der Waals surface area contributed by atoms with Crippen molar-refractivity contribution in [3.63, 3.8) is 0 Å². The minimum atomic E-state index is -0.351. The number of aliphatic hydroxyl groups is 1. The van der Waals surface area contributed by atoms with Crippen molar-refractivity contribution in [3.05, 3.63) is 35.4 Å². The predicted molar refractivity (Wildman–Crippen MR) is 80.3 cm³/mol. The summed E-state index contributed by atoms with van der Waals surface area (Å²) in [5.74, 6) is 0. The molecule has 0 aliphatic carbocycles. The van der Waals surface area contributed by atoms with Crippen LogP contribution in [0.15, 0.2) is 24.3 Å². The van der Waals surface area contributed by atoms with Gasteiger partial charge in [-0.2, -0.15) is 0 Å². The van der Waals surface area contributed by atoms with Crippen LogP contribution >= 0.6 is 0 Å². The van der Waals surface area contributed by atoms with E-state index in [1.54, 1.807) is 0 Å². The maximum absolute atomic E-state index is 10.4. The van der Waals surface area contributed by atoms with E-state index in [1.807, 2.05) is 0 Å². The molecule has 0 bridgehead atoms. The summed E-state index contributed by atoms with van der Waals surface area (Å²) in [7, 11) is 0. The summed E-state index contributed by atoms with van der Waals surface area (Å²) in [6.45, 7) is 6.37. The molecule has 106 valence electrons. The topological polar surface area (TPSA) is 23.5 Å². The second kappa shape index (κ2) is 7.06. The Hall–Kier alpha value is -0.860. The summed E-state index contributed by atoms with van der Waals surface area (Å²) >= 11 is 0. The first-order valence-electron chi connectivity index (χ1n) is 7.71. The highest BCUT2D eigenvalue weighted by atomic mass is 16.3. The zero-order valence-corrected chi connectivity index (χ0v) is 12.3. The van der Waals surface area contributed by atoms with Crippen LogP contribution in [0.5, 0.6) is 0 Å². The van der Waals surface area contributed by atoms with E-state index in [4.69, 9.17) is 0 Å². The second-order valence-corrected chi connectivity index (χ2v) is 5.85. The van der Waals surface area contributed by atoms with Gasteiger partial charge in [-0.25, -0.2) is 0 Å². The number of aliphatic hydroxyl groups excluding tert-OH is 1. The lowest BCUT2D eigenvalue weighted by Crippen LogP contribution is -2.40. The van der Waals surface area contributed by atoms with Gasteiger partial charge in [0.1, 0.15) is 0 Å². The van der Waals surface area contributed by atoms with Crippen LogP contribution in [0.4, 0.5) is 0 Å². The number of nitrogens with zero attached hydrogens (tertiary/aromatic N) is 1. The SMILES string of the molecule is CCCc1ccc(C(O)CN2CCCCC2C)cc1. The van der Waals surface area contributed by atoms with Crippen molar-refractivity contribution < 1.29 is 5.11 Å². The Morgan fingerprint density at radius 1 is 1.26 bits per heavy atom. The highest BCUT2D eigenvalue weighted by molar-refractivity contribution is 5.24. The molecule has 1 saturated heterocycles. The first kappa shape index (κ1) is 14.5. The van der Waals surface area contributed by atoms with Crippen LogP contribution in [0, 0.1) is 0 Å². The van der Waals surface area contributed by atoms with Gasteiger partial charge in [-0.15, -0.1) is 0 Å². The molecule has 0 radical (unpaired) electrons. The summed E-state index contributed by atoms with van der Waals surface area (Å²) in [4.78, 5) is 2.42. The molecule has 2 unspecified atom stereocenters. The predicted octanol–water partition coefficient (Wildman–Crippen LogP) is 3.55. The van der Waals surface area contributed by atoms with Gasteiger partial charge >= 0.3 is 0 Å².